The second kappa shape index (κ2) is 7.34. The van der Waals surface area contributed by atoms with Gasteiger partial charge in [-0.05, 0) is 53.8 Å². The highest BCUT2D eigenvalue weighted by molar-refractivity contribution is 7.09. The lowest BCUT2D eigenvalue weighted by molar-refractivity contribution is 0.0881. The number of ketones is 1. The molecular weight excluding hydrogens is 406 g/mol. The van der Waals surface area contributed by atoms with Crippen LogP contribution >= 0.6 is 22.9 Å². The Labute approximate surface area is 177 Å². The Morgan fingerprint density at radius 2 is 2.07 bits per heavy atom. The van der Waals surface area contributed by atoms with Gasteiger partial charge in [0, 0.05) is 23.0 Å². The minimum absolute atomic E-state index is 0.0920. The van der Waals surface area contributed by atoms with E-state index in [4.69, 9.17) is 21.1 Å². The first-order valence-electron chi connectivity index (χ1n) is 9.32. The van der Waals surface area contributed by atoms with Gasteiger partial charge in [-0.1, -0.05) is 29.8 Å². The average Bonchev–Trinajstić information content (AvgIpc) is 3.33. The number of rotatable bonds is 3. The van der Waals surface area contributed by atoms with Crippen LogP contribution in [0.2, 0.25) is 5.02 Å². The number of carbonyl (C=O) groups excluding carboxylic acids is 1. The van der Waals surface area contributed by atoms with Crippen molar-refractivity contribution in [3.63, 3.8) is 0 Å². The van der Waals surface area contributed by atoms with Crippen molar-refractivity contribution in [2.75, 3.05) is 6.73 Å². The molecule has 2 aliphatic rings. The van der Waals surface area contributed by atoms with Gasteiger partial charge in [-0.3, -0.25) is 9.69 Å². The minimum atomic E-state index is -0.0920. The maximum Gasteiger partial charge on any atom is 0.232 e. The second-order valence-corrected chi connectivity index (χ2v) is 8.67. The van der Waals surface area contributed by atoms with Crippen molar-refractivity contribution < 1.29 is 14.3 Å². The molecule has 4 nitrogen and oxygen atoms in total. The number of halogens is 1. The van der Waals surface area contributed by atoms with Gasteiger partial charge in [-0.2, -0.15) is 0 Å². The van der Waals surface area contributed by atoms with Crippen molar-refractivity contribution in [3.8, 4) is 11.5 Å². The molecule has 0 radical (unpaired) electrons. The van der Waals surface area contributed by atoms with Crippen LogP contribution in [0.5, 0.6) is 11.5 Å². The van der Waals surface area contributed by atoms with Crippen LogP contribution < -0.4 is 9.47 Å². The van der Waals surface area contributed by atoms with Gasteiger partial charge in [0.25, 0.3) is 0 Å². The van der Waals surface area contributed by atoms with Gasteiger partial charge in [-0.25, -0.2) is 0 Å². The Morgan fingerprint density at radius 3 is 2.83 bits per heavy atom. The summed E-state index contributed by atoms with van der Waals surface area (Å²) in [6, 6.07) is 13.4. The Balaban J connectivity index is 1.48. The summed E-state index contributed by atoms with van der Waals surface area (Å²) in [7, 11) is 0. The first-order valence-corrected chi connectivity index (χ1v) is 10.6. The predicted molar refractivity (Wildman–Crippen MR) is 115 cm³/mol. The monoisotopic (exact) mass is 423 g/mol. The van der Waals surface area contributed by atoms with E-state index in [-0.39, 0.29) is 5.78 Å². The van der Waals surface area contributed by atoms with Gasteiger partial charge in [0.05, 0.1) is 11.1 Å². The topological polar surface area (TPSA) is 38.8 Å². The number of hydrogen-bond acceptors (Lipinski definition) is 5. The molecule has 0 fully saturated rings. The van der Waals surface area contributed by atoms with E-state index >= 15 is 0 Å². The zero-order chi connectivity index (χ0) is 20.0. The molecule has 3 heterocycles. The zero-order valence-corrected chi connectivity index (χ0v) is 17.3. The quantitative estimate of drug-likeness (QED) is 0.508. The number of carbonyl (C=O) groups is 1. The highest BCUT2D eigenvalue weighted by atomic mass is 35.5. The van der Waals surface area contributed by atoms with E-state index in [2.05, 4.69) is 22.4 Å². The SMILES string of the molecule is Cc1cc2c(c3c1C(=O)/C(=C/c1ccc(Cl)cc1)O3)CN(Cc1cccs1)CO2. The molecule has 0 aliphatic carbocycles. The third-order valence-corrected chi connectivity index (χ3v) is 6.23. The van der Waals surface area contributed by atoms with Gasteiger partial charge < -0.3 is 9.47 Å². The summed E-state index contributed by atoms with van der Waals surface area (Å²) in [6.45, 7) is 3.93. The second-order valence-electron chi connectivity index (χ2n) is 7.21. The summed E-state index contributed by atoms with van der Waals surface area (Å²) in [5.74, 6) is 1.66. The van der Waals surface area contributed by atoms with Crippen LogP contribution in [0.15, 0.2) is 53.6 Å². The molecule has 5 rings (SSSR count). The first kappa shape index (κ1) is 18.4. The van der Waals surface area contributed by atoms with Crippen LogP contribution in [0.3, 0.4) is 0 Å². The molecule has 6 heteroatoms. The van der Waals surface area contributed by atoms with Gasteiger partial charge in [0.2, 0.25) is 5.78 Å². The number of fused-ring (bicyclic) bond motifs is 3. The van der Waals surface area contributed by atoms with Crippen molar-refractivity contribution in [2.24, 2.45) is 0 Å². The molecule has 0 saturated heterocycles. The molecule has 2 aromatic carbocycles. The third-order valence-electron chi connectivity index (χ3n) is 5.12. The zero-order valence-electron chi connectivity index (χ0n) is 15.8. The lowest BCUT2D eigenvalue weighted by atomic mass is 9.98. The summed E-state index contributed by atoms with van der Waals surface area (Å²) in [5, 5.41) is 2.73. The van der Waals surface area contributed by atoms with Gasteiger partial charge in [0.1, 0.15) is 18.2 Å². The number of Topliss-reactive ketones (excluding diaryl/α,β-unsaturated/α-hetero) is 1. The van der Waals surface area contributed by atoms with Crippen LogP contribution in [0.4, 0.5) is 0 Å². The van der Waals surface area contributed by atoms with E-state index in [1.807, 2.05) is 25.1 Å². The molecule has 29 heavy (non-hydrogen) atoms. The van der Waals surface area contributed by atoms with Crippen molar-refractivity contribution >= 4 is 34.8 Å². The molecule has 0 amide bonds. The van der Waals surface area contributed by atoms with Crippen molar-refractivity contribution in [3.05, 3.63) is 85.8 Å². The Hall–Kier alpha value is -2.60. The maximum atomic E-state index is 13.0. The first-order chi connectivity index (χ1) is 14.1. The van der Waals surface area contributed by atoms with E-state index in [9.17, 15) is 4.79 Å². The largest absolute Gasteiger partial charge is 0.478 e. The summed E-state index contributed by atoms with van der Waals surface area (Å²) in [4.78, 5) is 16.5. The standard InChI is InChI=1S/C23H18ClNO3S/c1-14-9-19-18(12-25(13-27-19)11-17-3-2-8-29-17)23-21(14)22(26)20(28-23)10-15-4-6-16(24)7-5-15/h2-10H,11-13H2,1H3/b20-10-. The van der Waals surface area contributed by atoms with Gasteiger partial charge >= 0.3 is 0 Å². The molecule has 1 aromatic heterocycles. The number of ether oxygens (including phenoxy) is 2. The molecule has 0 N–H and O–H groups in total. The fraction of sp³-hybridized carbons (Fsp3) is 0.174. The predicted octanol–water partition coefficient (Wildman–Crippen LogP) is 5.68. The Kier molecular flexibility index (Phi) is 4.66. The van der Waals surface area contributed by atoms with Crippen LogP contribution in [-0.4, -0.2) is 17.4 Å². The van der Waals surface area contributed by atoms with Crippen molar-refractivity contribution in [2.45, 2.75) is 20.0 Å². The van der Waals surface area contributed by atoms with E-state index in [0.717, 1.165) is 29.0 Å². The number of benzene rings is 2. The normalized spacial score (nSPS) is 17.0. The maximum absolute atomic E-state index is 13.0. The van der Waals surface area contributed by atoms with Crippen molar-refractivity contribution in [1.82, 2.24) is 4.90 Å². The molecule has 0 spiro atoms. The van der Waals surface area contributed by atoms with Gasteiger partial charge in [0.15, 0.2) is 5.76 Å². The molecule has 146 valence electrons. The number of nitrogens with zero attached hydrogens (tertiary/aromatic N) is 1. The molecule has 0 saturated carbocycles. The highest BCUT2D eigenvalue weighted by Crippen LogP contribution is 2.44. The fourth-order valence-corrected chi connectivity index (χ4v) is 4.58. The summed E-state index contributed by atoms with van der Waals surface area (Å²) < 4.78 is 12.1. The smallest absolute Gasteiger partial charge is 0.232 e. The van der Waals surface area contributed by atoms with E-state index in [1.165, 1.54) is 4.88 Å². The van der Waals surface area contributed by atoms with Crippen LogP contribution in [-0.2, 0) is 13.1 Å². The average molecular weight is 424 g/mol. The van der Waals surface area contributed by atoms with Crippen LogP contribution in [0.25, 0.3) is 6.08 Å². The van der Waals surface area contributed by atoms with Crippen LogP contribution in [0.1, 0.15) is 31.9 Å². The Morgan fingerprint density at radius 1 is 1.24 bits per heavy atom. The van der Waals surface area contributed by atoms with E-state index < -0.39 is 0 Å². The summed E-state index contributed by atoms with van der Waals surface area (Å²) >= 11 is 7.69. The van der Waals surface area contributed by atoms with Crippen molar-refractivity contribution in [1.29, 1.82) is 0 Å². The summed E-state index contributed by atoms with van der Waals surface area (Å²) in [5.41, 5.74) is 3.30. The molecule has 0 bridgehead atoms. The number of hydrogen-bond donors (Lipinski definition) is 0. The fourth-order valence-electron chi connectivity index (χ4n) is 3.71. The number of allylic oxidation sites excluding steroid dienone is 1. The lowest BCUT2D eigenvalue weighted by Crippen LogP contribution is -2.31. The van der Waals surface area contributed by atoms with E-state index in [1.54, 1.807) is 29.5 Å². The van der Waals surface area contributed by atoms with Gasteiger partial charge in [-0.15, -0.1) is 11.3 Å². The number of aryl methyl sites for hydroxylation is 1. The minimum Gasteiger partial charge on any atom is -0.478 e. The molecular formula is C23H18ClNO3S. The molecule has 3 aromatic rings. The highest BCUT2D eigenvalue weighted by Gasteiger charge is 2.35. The Bertz CT molecular complexity index is 1120. The third kappa shape index (κ3) is 3.46. The molecule has 0 atom stereocenters. The molecule has 2 aliphatic heterocycles. The molecule has 0 unspecified atom stereocenters. The lowest BCUT2D eigenvalue weighted by Gasteiger charge is -2.29. The van der Waals surface area contributed by atoms with Crippen LogP contribution in [0, 0.1) is 6.92 Å². The van der Waals surface area contributed by atoms with E-state index in [0.29, 0.717) is 35.4 Å². The number of thiophene rings is 1. The summed E-state index contributed by atoms with van der Waals surface area (Å²) in [6.07, 6.45) is 1.76.